The molecule has 0 spiro atoms. The smallest absolute Gasteiger partial charge is 0.139 e. The first-order valence-electron chi connectivity index (χ1n) is 7.33. The Morgan fingerprint density at radius 1 is 1.14 bits per heavy atom. The van der Waals surface area contributed by atoms with Crippen molar-refractivity contribution in [1.82, 2.24) is 0 Å². The largest absolute Gasteiger partial charge is 0.412 e. The van der Waals surface area contributed by atoms with Crippen molar-refractivity contribution in [3.05, 3.63) is 24.3 Å². The fraction of sp³-hybridized carbons (Fsp3) is 0.562. The molecule has 120 valence electrons. The van der Waals surface area contributed by atoms with E-state index in [4.69, 9.17) is 4.99 Å². The van der Waals surface area contributed by atoms with Crippen molar-refractivity contribution in [2.24, 2.45) is 10.4 Å². The first-order valence-corrected chi connectivity index (χ1v) is 8.86. The summed E-state index contributed by atoms with van der Waals surface area (Å²) in [6.07, 6.45) is 3.78. The van der Waals surface area contributed by atoms with Gasteiger partial charge >= 0.3 is 0 Å². The molecule has 0 bridgehead atoms. The number of hydrogen-bond donors (Lipinski definition) is 1. The lowest BCUT2D eigenvalue weighted by Crippen LogP contribution is -2.07. The van der Waals surface area contributed by atoms with E-state index in [1.807, 2.05) is 0 Å². The predicted molar refractivity (Wildman–Crippen MR) is 99.6 cm³/mol. The second kappa shape index (κ2) is 8.62. The van der Waals surface area contributed by atoms with Crippen LogP contribution < -0.4 is 5.46 Å². The van der Waals surface area contributed by atoms with Crippen LogP contribution in [0.4, 0.5) is 0 Å². The van der Waals surface area contributed by atoms with E-state index in [0.717, 1.165) is 6.54 Å². The maximum absolute atomic E-state index is 4.78. The molecule has 21 heavy (non-hydrogen) atoms. The first-order chi connectivity index (χ1) is 8.96. The molecule has 2 rings (SSSR count). The zero-order valence-corrected chi connectivity index (χ0v) is 14.6. The van der Waals surface area contributed by atoms with Crippen LogP contribution in [0.3, 0.4) is 0 Å². The van der Waals surface area contributed by atoms with Gasteiger partial charge in [-0.05, 0) is 29.6 Å². The highest BCUT2D eigenvalue weighted by atomic mass is 32.2. The number of benzene rings is 1. The summed E-state index contributed by atoms with van der Waals surface area (Å²) in [5.74, 6) is 1.27. The first kappa shape index (κ1) is 20.2. The zero-order chi connectivity index (χ0) is 13.9. The van der Waals surface area contributed by atoms with Gasteiger partial charge in [0.2, 0.25) is 0 Å². The molecular formula is C16H30BNO2S. The minimum atomic E-state index is -0.114. The molecule has 0 amide bonds. The van der Waals surface area contributed by atoms with Gasteiger partial charge in [-0.3, -0.25) is 4.99 Å². The van der Waals surface area contributed by atoms with Crippen LogP contribution in [0.15, 0.2) is 34.2 Å². The van der Waals surface area contributed by atoms with Crippen molar-refractivity contribution in [1.29, 1.82) is 0 Å². The van der Waals surface area contributed by atoms with Crippen LogP contribution in [-0.4, -0.2) is 36.1 Å². The molecule has 0 aromatic heterocycles. The third-order valence-corrected chi connectivity index (χ3v) is 6.16. The van der Waals surface area contributed by atoms with Crippen molar-refractivity contribution in [2.75, 3.05) is 12.3 Å². The number of nitrogens with zero attached hydrogens (tertiary/aromatic N) is 1. The third-order valence-electron chi connectivity index (χ3n) is 3.60. The van der Waals surface area contributed by atoms with Crippen molar-refractivity contribution in [3.63, 3.8) is 0 Å². The monoisotopic (exact) mass is 311 g/mol. The molecule has 0 saturated carbocycles. The maximum Gasteiger partial charge on any atom is 0.139 e. The zero-order valence-electron chi connectivity index (χ0n) is 13.7. The Morgan fingerprint density at radius 3 is 2.33 bits per heavy atom. The molecule has 1 atom stereocenters. The summed E-state index contributed by atoms with van der Waals surface area (Å²) in [7, 11) is 2.04. The molecule has 0 radical (unpaired) electrons. The van der Waals surface area contributed by atoms with Gasteiger partial charge in [-0.2, -0.15) is 10.9 Å². The summed E-state index contributed by atoms with van der Waals surface area (Å²) in [4.78, 5) is 6.30. The van der Waals surface area contributed by atoms with E-state index in [-0.39, 0.29) is 21.8 Å². The Morgan fingerprint density at radius 2 is 1.76 bits per heavy atom. The highest BCUT2D eigenvalue weighted by Crippen LogP contribution is 2.42. The lowest BCUT2D eigenvalue weighted by Gasteiger charge is -2.21. The summed E-state index contributed by atoms with van der Waals surface area (Å²) in [6, 6.07) is 9.10. The summed E-state index contributed by atoms with van der Waals surface area (Å²) in [5, 5.41) is 1.50. The van der Waals surface area contributed by atoms with E-state index < -0.39 is 0 Å². The van der Waals surface area contributed by atoms with Crippen LogP contribution in [0.2, 0.25) is 0 Å². The molecule has 1 aromatic carbocycles. The van der Waals surface area contributed by atoms with Crippen molar-refractivity contribution < 1.29 is 11.0 Å². The standard InChI is InChI=1S/C16H26BNS.2H2O/c1-16(2,3)10-4-5-15-18-11-12-19(15)14-8-6-13(17)7-9-14;;/h6-9,19H,4-5,10-12,17H2,1-3H3;2*1H2. The lowest BCUT2D eigenvalue weighted by atomic mass is 9.90. The molecule has 4 N–H and O–H groups in total. The number of thiol groups is 1. The van der Waals surface area contributed by atoms with Gasteiger partial charge in [0.25, 0.3) is 0 Å². The van der Waals surface area contributed by atoms with Gasteiger partial charge in [0.1, 0.15) is 7.85 Å². The van der Waals surface area contributed by atoms with E-state index in [0.29, 0.717) is 5.41 Å². The molecule has 5 heteroatoms. The summed E-state index contributed by atoms with van der Waals surface area (Å²) < 4.78 is 0. The minimum absolute atomic E-state index is 0. The SMILES string of the molecule is Bc1ccc([SH]2CCN=C2CCCC(C)(C)C)cc1.O.O. The van der Waals surface area contributed by atoms with Crippen LogP contribution in [-0.2, 0) is 0 Å². The Labute approximate surface area is 132 Å². The fourth-order valence-electron chi connectivity index (χ4n) is 2.49. The van der Waals surface area contributed by atoms with Crippen LogP contribution in [0, 0.1) is 5.41 Å². The Kier molecular flexibility index (Phi) is 8.30. The molecule has 0 saturated heterocycles. The Hall–Kier alpha value is -0.775. The van der Waals surface area contributed by atoms with Gasteiger partial charge in [0, 0.05) is 12.3 Å². The summed E-state index contributed by atoms with van der Waals surface area (Å²) in [6.45, 7) is 8.02. The van der Waals surface area contributed by atoms with Gasteiger partial charge in [-0.15, -0.1) is 0 Å². The average molecular weight is 311 g/mol. The molecule has 0 fully saturated rings. The Balaban J connectivity index is 0.00000200. The molecule has 1 aliphatic heterocycles. The second-order valence-electron chi connectivity index (χ2n) is 6.70. The van der Waals surface area contributed by atoms with E-state index in [1.54, 1.807) is 0 Å². The van der Waals surface area contributed by atoms with E-state index >= 15 is 0 Å². The number of hydrogen-bond acceptors (Lipinski definition) is 1. The van der Waals surface area contributed by atoms with Gasteiger partial charge < -0.3 is 11.0 Å². The minimum Gasteiger partial charge on any atom is -0.412 e. The van der Waals surface area contributed by atoms with Crippen molar-refractivity contribution in [2.45, 2.75) is 44.9 Å². The van der Waals surface area contributed by atoms with E-state index in [2.05, 4.69) is 52.9 Å². The van der Waals surface area contributed by atoms with Crippen LogP contribution in [0.1, 0.15) is 40.0 Å². The van der Waals surface area contributed by atoms with Gasteiger partial charge in [-0.25, -0.2) is 0 Å². The number of rotatable bonds is 4. The quantitative estimate of drug-likeness (QED) is 0.642. The summed E-state index contributed by atoms with van der Waals surface area (Å²) >= 11 is 0. The highest BCUT2D eigenvalue weighted by Gasteiger charge is 2.19. The topological polar surface area (TPSA) is 75.4 Å². The fourth-order valence-corrected chi connectivity index (χ4v) is 4.81. The van der Waals surface area contributed by atoms with E-state index in [1.165, 1.54) is 40.4 Å². The molecule has 1 aromatic rings. The van der Waals surface area contributed by atoms with Crippen LogP contribution in [0.5, 0.6) is 0 Å². The maximum atomic E-state index is 4.78. The molecular weight excluding hydrogens is 281 g/mol. The van der Waals surface area contributed by atoms with Gasteiger partial charge in [-0.1, -0.05) is 50.5 Å². The van der Waals surface area contributed by atoms with Crippen LogP contribution in [0.25, 0.3) is 0 Å². The second-order valence-corrected chi connectivity index (χ2v) is 9.04. The van der Waals surface area contributed by atoms with Crippen LogP contribution >= 0.6 is 10.9 Å². The lowest BCUT2D eigenvalue weighted by molar-refractivity contribution is 0.369. The normalized spacial score (nSPS) is 19.4. The van der Waals surface area contributed by atoms with Gasteiger partial charge in [0.05, 0.1) is 5.04 Å². The predicted octanol–water partition coefficient (Wildman–Crippen LogP) is 1.28. The molecule has 1 heterocycles. The van der Waals surface area contributed by atoms with Crippen molar-refractivity contribution >= 4 is 29.2 Å². The molecule has 1 unspecified atom stereocenters. The average Bonchev–Trinajstić information content (AvgIpc) is 2.77. The highest BCUT2D eigenvalue weighted by molar-refractivity contribution is 8.30. The van der Waals surface area contributed by atoms with Gasteiger partial charge in [0.15, 0.2) is 0 Å². The van der Waals surface area contributed by atoms with Crippen molar-refractivity contribution in [3.8, 4) is 0 Å². The third kappa shape index (κ3) is 6.24. The Bertz CT molecular complexity index is 454. The molecule has 0 aliphatic carbocycles. The number of aliphatic imine (C=N–C) groups is 1. The summed E-state index contributed by atoms with van der Waals surface area (Å²) in [5.41, 5.74) is 1.80. The van der Waals surface area contributed by atoms with E-state index in [9.17, 15) is 0 Å². The molecule has 3 nitrogen and oxygen atoms in total. The molecule has 1 aliphatic rings.